The fraction of sp³-hybridized carbons (Fsp3) is 0.391. The summed E-state index contributed by atoms with van der Waals surface area (Å²) >= 11 is 0. The van der Waals surface area contributed by atoms with Gasteiger partial charge in [0.15, 0.2) is 0 Å². The van der Waals surface area contributed by atoms with E-state index < -0.39 is 6.09 Å². The second-order valence-corrected chi connectivity index (χ2v) is 8.36. The molecule has 0 bridgehead atoms. The van der Waals surface area contributed by atoms with Crippen LogP contribution in [-0.4, -0.2) is 70.0 Å². The van der Waals surface area contributed by atoms with Gasteiger partial charge in [0.05, 0.1) is 18.3 Å². The second-order valence-electron chi connectivity index (χ2n) is 8.36. The average molecular weight is 450 g/mol. The van der Waals surface area contributed by atoms with Crippen molar-refractivity contribution in [1.82, 2.24) is 19.4 Å². The van der Waals surface area contributed by atoms with Crippen molar-refractivity contribution < 1.29 is 14.6 Å². The van der Waals surface area contributed by atoms with E-state index in [9.17, 15) is 9.59 Å². The first-order valence-corrected chi connectivity index (χ1v) is 11.1. The second kappa shape index (κ2) is 8.70. The number of carbonyl (C=O) groups is 1. The average Bonchev–Trinajstić information content (AvgIpc) is 3.34. The lowest BCUT2D eigenvalue weighted by Gasteiger charge is -2.34. The molecule has 1 unspecified atom stereocenters. The molecule has 2 aliphatic rings. The van der Waals surface area contributed by atoms with E-state index >= 15 is 0 Å². The minimum absolute atomic E-state index is 0.0239. The standard InChI is InChI=1S/C23H26N6O4/c1-15-19-6-7-20(30)29(18-8-13-33-14-18)21(19)26-22(24-15)25-16-2-4-17(5-3-16)27-9-11-28(12-10-27)23(31)32/h2-7,18H,8-14H2,1H3,(H,31,32)(H,24,25,26). The van der Waals surface area contributed by atoms with Gasteiger partial charge in [0, 0.05) is 55.6 Å². The Hall–Kier alpha value is -3.66. The largest absolute Gasteiger partial charge is 0.465 e. The Morgan fingerprint density at radius 3 is 2.52 bits per heavy atom. The zero-order chi connectivity index (χ0) is 22.9. The first-order chi connectivity index (χ1) is 16.0. The highest BCUT2D eigenvalue weighted by molar-refractivity contribution is 5.79. The lowest BCUT2D eigenvalue weighted by Crippen LogP contribution is -2.48. The van der Waals surface area contributed by atoms with Gasteiger partial charge in [-0.3, -0.25) is 9.36 Å². The fourth-order valence-electron chi connectivity index (χ4n) is 4.46. The number of fused-ring (bicyclic) bond motifs is 1. The Bertz CT molecular complexity index is 1230. The van der Waals surface area contributed by atoms with Crippen LogP contribution in [-0.2, 0) is 4.74 Å². The number of piperazine rings is 1. The van der Waals surface area contributed by atoms with E-state index in [0.29, 0.717) is 51.0 Å². The number of hydrogen-bond acceptors (Lipinski definition) is 7. The van der Waals surface area contributed by atoms with Crippen molar-refractivity contribution >= 4 is 34.4 Å². The number of aryl methyl sites for hydroxylation is 1. The molecule has 0 spiro atoms. The normalized spacial score (nSPS) is 18.6. The summed E-state index contributed by atoms with van der Waals surface area (Å²) in [6.45, 7) is 5.37. The maximum atomic E-state index is 12.6. The van der Waals surface area contributed by atoms with Gasteiger partial charge in [-0.1, -0.05) is 0 Å². The van der Waals surface area contributed by atoms with Crippen molar-refractivity contribution in [2.75, 3.05) is 49.6 Å². The summed E-state index contributed by atoms with van der Waals surface area (Å²) in [5.41, 5.74) is 3.19. The molecule has 0 saturated carbocycles. The number of rotatable bonds is 4. The Kier molecular flexibility index (Phi) is 5.59. The fourth-order valence-corrected chi connectivity index (χ4v) is 4.46. The molecule has 0 radical (unpaired) electrons. The predicted octanol–water partition coefficient (Wildman–Crippen LogP) is 2.60. The number of carboxylic acid groups (broad SMARTS) is 1. The van der Waals surface area contributed by atoms with E-state index in [1.54, 1.807) is 16.7 Å². The summed E-state index contributed by atoms with van der Waals surface area (Å²) in [7, 11) is 0. The first-order valence-electron chi connectivity index (χ1n) is 11.1. The summed E-state index contributed by atoms with van der Waals surface area (Å²) in [5, 5.41) is 13.2. The van der Waals surface area contributed by atoms with Crippen molar-refractivity contribution in [3.8, 4) is 0 Å². The third-order valence-corrected chi connectivity index (χ3v) is 6.28. The maximum absolute atomic E-state index is 12.6. The molecule has 0 aliphatic carbocycles. The van der Waals surface area contributed by atoms with E-state index in [1.807, 2.05) is 31.2 Å². The van der Waals surface area contributed by atoms with Gasteiger partial charge in [0.2, 0.25) is 5.95 Å². The molecule has 172 valence electrons. The van der Waals surface area contributed by atoms with Crippen LogP contribution in [0.3, 0.4) is 0 Å². The third kappa shape index (κ3) is 4.21. The van der Waals surface area contributed by atoms with Crippen molar-refractivity contribution in [2.24, 2.45) is 0 Å². The molecule has 2 aliphatic heterocycles. The summed E-state index contributed by atoms with van der Waals surface area (Å²) in [5.74, 6) is 0.432. The molecule has 2 N–H and O–H groups in total. The Morgan fingerprint density at radius 1 is 1.09 bits per heavy atom. The number of amides is 1. The van der Waals surface area contributed by atoms with Crippen LogP contribution in [0.15, 0.2) is 41.2 Å². The highest BCUT2D eigenvalue weighted by Gasteiger charge is 2.23. The Morgan fingerprint density at radius 2 is 1.85 bits per heavy atom. The van der Waals surface area contributed by atoms with Gasteiger partial charge in [-0.25, -0.2) is 9.78 Å². The molecule has 33 heavy (non-hydrogen) atoms. The Labute approximate surface area is 190 Å². The van der Waals surface area contributed by atoms with E-state index in [1.165, 1.54) is 4.90 Å². The first kappa shape index (κ1) is 21.2. The maximum Gasteiger partial charge on any atom is 0.407 e. The molecule has 10 heteroatoms. The zero-order valence-electron chi connectivity index (χ0n) is 18.4. The van der Waals surface area contributed by atoms with Gasteiger partial charge >= 0.3 is 6.09 Å². The van der Waals surface area contributed by atoms with Gasteiger partial charge in [-0.05, 0) is 43.7 Å². The predicted molar refractivity (Wildman–Crippen MR) is 125 cm³/mol. The summed E-state index contributed by atoms with van der Waals surface area (Å²) in [6, 6.07) is 11.2. The highest BCUT2D eigenvalue weighted by Crippen LogP contribution is 2.25. The number of hydrogen-bond donors (Lipinski definition) is 2. The summed E-state index contributed by atoms with van der Waals surface area (Å²) < 4.78 is 7.22. The van der Waals surface area contributed by atoms with Crippen molar-refractivity contribution in [1.29, 1.82) is 0 Å². The van der Waals surface area contributed by atoms with Crippen molar-refractivity contribution in [2.45, 2.75) is 19.4 Å². The number of nitrogens with one attached hydrogen (secondary N) is 1. The topological polar surface area (TPSA) is 113 Å². The van der Waals surface area contributed by atoms with Gasteiger partial charge in [-0.15, -0.1) is 0 Å². The number of pyridine rings is 1. The molecule has 5 rings (SSSR count). The van der Waals surface area contributed by atoms with Crippen LogP contribution < -0.4 is 15.8 Å². The number of ether oxygens (including phenoxy) is 1. The van der Waals surface area contributed by atoms with E-state index in [-0.39, 0.29) is 11.6 Å². The third-order valence-electron chi connectivity index (χ3n) is 6.28. The molecule has 3 aromatic rings. The van der Waals surface area contributed by atoms with Gasteiger partial charge in [-0.2, -0.15) is 4.98 Å². The molecule has 4 heterocycles. The van der Waals surface area contributed by atoms with Crippen LogP contribution in [0.5, 0.6) is 0 Å². The smallest absolute Gasteiger partial charge is 0.407 e. The van der Waals surface area contributed by atoms with Gasteiger partial charge < -0.3 is 25.0 Å². The van der Waals surface area contributed by atoms with Crippen LogP contribution in [0.4, 0.5) is 22.1 Å². The number of benzene rings is 1. The summed E-state index contributed by atoms with van der Waals surface area (Å²) in [6.07, 6.45) is -0.0849. The van der Waals surface area contributed by atoms with E-state index in [0.717, 1.165) is 28.9 Å². The molecule has 2 saturated heterocycles. The number of nitrogens with zero attached hydrogens (tertiary/aromatic N) is 5. The number of anilines is 3. The van der Waals surface area contributed by atoms with E-state index in [2.05, 4.69) is 20.2 Å². The van der Waals surface area contributed by atoms with Crippen LogP contribution >= 0.6 is 0 Å². The van der Waals surface area contributed by atoms with Crippen LogP contribution in [0.2, 0.25) is 0 Å². The van der Waals surface area contributed by atoms with Crippen molar-refractivity contribution in [3.63, 3.8) is 0 Å². The lowest BCUT2D eigenvalue weighted by atomic mass is 10.2. The molecule has 1 amide bonds. The van der Waals surface area contributed by atoms with Gasteiger partial charge in [0.25, 0.3) is 5.56 Å². The molecular weight excluding hydrogens is 424 g/mol. The SMILES string of the molecule is Cc1nc(Nc2ccc(N3CCN(C(=O)O)CC3)cc2)nc2c1ccc(=O)n2C1CCOC1. The molecular formula is C23H26N6O4. The Balaban J connectivity index is 1.37. The lowest BCUT2D eigenvalue weighted by molar-refractivity contribution is 0.142. The molecule has 2 fully saturated rings. The molecule has 1 atom stereocenters. The van der Waals surface area contributed by atoms with Crippen LogP contribution in [0.25, 0.3) is 11.0 Å². The van der Waals surface area contributed by atoms with Gasteiger partial charge in [0.1, 0.15) is 5.65 Å². The number of aromatic nitrogens is 3. The highest BCUT2D eigenvalue weighted by atomic mass is 16.5. The van der Waals surface area contributed by atoms with Crippen molar-refractivity contribution in [3.05, 3.63) is 52.4 Å². The zero-order valence-corrected chi connectivity index (χ0v) is 18.4. The van der Waals surface area contributed by atoms with Crippen LogP contribution in [0, 0.1) is 6.92 Å². The van der Waals surface area contributed by atoms with Crippen LogP contribution in [0.1, 0.15) is 18.2 Å². The summed E-state index contributed by atoms with van der Waals surface area (Å²) in [4.78, 5) is 36.6. The minimum Gasteiger partial charge on any atom is -0.465 e. The van der Waals surface area contributed by atoms with E-state index in [4.69, 9.17) is 9.84 Å². The molecule has 10 nitrogen and oxygen atoms in total. The quantitative estimate of drug-likeness (QED) is 0.624. The molecule has 2 aromatic heterocycles. The minimum atomic E-state index is -0.870. The monoisotopic (exact) mass is 450 g/mol. The molecule has 1 aromatic carbocycles.